The molecule has 0 aliphatic heterocycles. The van der Waals surface area contributed by atoms with Crippen LogP contribution in [0.15, 0.2) is 36.4 Å². The third-order valence-corrected chi connectivity index (χ3v) is 3.13. The second kappa shape index (κ2) is 5.74. The van der Waals surface area contributed by atoms with Crippen LogP contribution in [0.2, 0.25) is 0 Å². The van der Waals surface area contributed by atoms with E-state index in [1.165, 1.54) is 6.07 Å². The summed E-state index contributed by atoms with van der Waals surface area (Å²) in [7, 11) is 0. The molecule has 2 rings (SSSR count). The van der Waals surface area contributed by atoms with Crippen LogP contribution in [-0.2, 0) is 11.2 Å². The van der Waals surface area contributed by atoms with Gasteiger partial charge in [-0.25, -0.2) is 4.39 Å². The van der Waals surface area contributed by atoms with Crippen molar-refractivity contribution >= 4 is 11.6 Å². The highest BCUT2D eigenvalue weighted by Crippen LogP contribution is 2.25. The van der Waals surface area contributed by atoms with Gasteiger partial charge in [-0.05, 0) is 48.7 Å². The first-order valence-electron chi connectivity index (χ1n) is 6.31. The van der Waals surface area contributed by atoms with Crippen LogP contribution >= 0.6 is 0 Å². The second-order valence-corrected chi connectivity index (χ2v) is 4.77. The molecule has 0 bridgehead atoms. The molecular formula is C16H16FNO2. The summed E-state index contributed by atoms with van der Waals surface area (Å²) < 4.78 is 13.5. The average molecular weight is 273 g/mol. The Hall–Kier alpha value is -2.36. The number of benzene rings is 2. The Morgan fingerprint density at radius 1 is 1.20 bits per heavy atom. The molecule has 3 nitrogen and oxygen atoms in total. The molecule has 0 unspecified atom stereocenters. The number of rotatable bonds is 3. The summed E-state index contributed by atoms with van der Waals surface area (Å²) in [6, 6.07) is 9.49. The van der Waals surface area contributed by atoms with E-state index < -0.39 is 0 Å². The molecule has 4 heteroatoms. The fourth-order valence-corrected chi connectivity index (χ4v) is 1.94. The predicted molar refractivity (Wildman–Crippen MR) is 76.3 cm³/mol. The van der Waals surface area contributed by atoms with E-state index in [1.807, 2.05) is 0 Å². The molecule has 1 amide bonds. The van der Waals surface area contributed by atoms with Crippen molar-refractivity contribution < 1.29 is 14.3 Å². The number of amides is 1. The van der Waals surface area contributed by atoms with Gasteiger partial charge in [-0.2, -0.15) is 0 Å². The van der Waals surface area contributed by atoms with Gasteiger partial charge in [-0.15, -0.1) is 0 Å². The predicted octanol–water partition coefficient (Wildman–Crippen LogP) is 3.33. The molecule has 0 heterocycles. The van der Waals surface area contributed by atoms with Crippen LogP contribution in [0.3, 0.4) is 0 Å². The molecule has 20 heavy (non-hydrogen) atoms. The van der Waals surface area contributed by atoms with Crippen molar-refractivity contribution in [3.8, 4) is 5.75 Å². The van der Waals surface area contributed by atoms with Crippen molar-refractivity contribution in [3.63, 3.8) is 0 Å². The highest BCUT2D eigenvalue weighted by molar-refractivity contribution is 5.93. The summed E-state index contributed by atoms with van der Waals surface area (Å²) in [5, 5.41) is 12.3. The summed E-state index contributed by atoms with van der Waals surface area (Å²) in [6.45, 7) is 3.54. The van der Waals surface area contributed by atoms with Crippen LogP contribution in [-0.4, -0.2) is 11.0 Å². The van der Waals surface area contributed by atoms with Crippen LogP contribution < -0.4 is 5.32 Å². The highest BCUT2D eigenvalue weighted by atomic mass is 19.1. The van der Waals surface area contributed by atoms with Crippen molar-refractivity contribution in [2.24, 2.45) is 0 Å². The maximum Gasteiger partial charge on any atom is 0.228 e. The number of anilines is 1. The molecule has 0 radical (unpaired) electrons. The van der Waals surface area contributed by atoms with Gasteiger partial charge in [0.25, 0.3) is 0 Å². The van der Waals surface area contributed by atoms with Gasteiger partial charge in [0, 0.05) is 5.69 Å². The number of halogens is 1. The second-order valence-electron chi connectivity index (χ2n) is 4.77. The molecule has 0 aliphatic carbocycles. The quantitative estimate of drug-likeness (QED) is 0.843. The van der Waals surface area contributed by atoms with E-state index in [-0.39, 0.29) is 23.9 Å². The molecular weight excluding hydrogens is 257 g/mol. The fraction of sp³-hybridized carbons (Fsp3) is 0.188. The van der Waals surface area contributed by atoms with Crippen molar-refractivity contribution in [3.05, 3.63) is 58.9 Å². The number of aromatic hydroxyl groups is 1. The molecule has 2 aromatic carbocycles. The summed E-state index contributed by atoms with van der Waals surface area (Å²) >= 11 is 0. The van der Waals surface area contributed by atoms with Gasteiger partial charge in [0.1, 0.15) is 11.6 Å². The van der Waals surface area contributed by atoms with Crippen LogP contribution in [0.1, 0.15) is 16.7 Å². The van der Waals surface area contributed by atoms with E-state index in [0.717, 1.165) is 5.56 Å². The van der Waals surface area contributed by atoms with Gasteiger partial charge in [0.2, 0.25) is 5.91 Å². The lowest BCUT2D eigenvalue weighted by Gasteiger charge is -2.11. The number of hydrogen-bond acceptors (Lipinski definition) is 2. The van der Waals surface area contributed by atoms with Gasteiger partial charge >= 0.3 is 0 Å². The van der Waals surface area contributed by atoms with Crippen LogP contribution in [0.4, 0.5) is 10.1 Å². The van der Waals surface area contributed by atoms with Crippen LogP contribution in [0.5, 0.6) is 5.75 Å². The van der Waals surface area contributed by atoms with Crippen LogP contribution in [0.25, 0.3) is 0 Å². The maximum atomic E-state index is 13.5. The first kappa shape index (κ1) is 14.1. The van der Waals surface area contributed by atoms with E-state index in [0.29, 0.717) is 16.8 Å². The zero-order chi connectivity index (χ0) is 14.7. The molecule has 2 aromatic rings. The number of carbonyl (C=O) groups is 1. The first-order chi connectivity index (χ1) is 9.47. The molecule has 104 valence electrons. The molecule has 0 aliphatic rings. The maximum absolute atomic E-state index is 13.5. The topological polar surface area (TPSA) is 49.3 Å². The van der Waals surface area contributed by atoms with Crippen molar-refractivity contribution in [2.75, 3.05) is 5.32 Å². The van der Waals surface area contributed by atoms with E-state index in [2.05, 4.69) is 5.32 Å². The lowest BCUT2D eigenvalue weighted by atomic mass is 10.1. The number of phenolic OH excluding ortho intramolecular Hbond substituents is 1. The highest BCUT2D eigenvalue weighted by Gasteiger charge is 2.10. The minimum Gasteiger partial charge on any atom is -0.508 e. The van der Waals surface area contributed by atoms with Gasteiger partial charge < -0.3 is 10.4 Å². The lowest BCUT2D eigenvalue weighted by Crippen LogP contribution is -2.16. The number of aryl methyl sites for hydroxylation is 2. The summed E-state index contributed by atoms with van der Waals surface area (Å²) in [5.41, 5.74) is 2.42. The molecule has 0 fully saturated rings. The summed E-state index contributed by atoms with van der Waals surface area (Å²) in [5.74, 6) is -0.487. The fourth-order valence-electron chi connectivity index (χ4n) is 1.94. The summed E-state index contributed by atoms with van der Waals surface area (Å²) in [6.07, 6.45) is -0.0218. The monoisotopic (exact) mass is 273 g/mol. The Balaban J connectivity index is 2.13. The normalized spacial score (nSPS) is 10.3. The number of phenols is 1. The zero-order valence-electron chi connectivity index (χ0n) is 11.4. The first-order valence-corrected chi connectivity index (χ1v) is 6.31. The van der Waals surface area contributed by atoms with E-state index in [4.69, 9.17) is 0 Å². The zero-order valence-corrected chi connectivity index (χ0v) is 11.4. The molecule has 0 aromatic heterocycles. The largest absolute Gasteiger partial charge is 0.508 e. The minimum absolute atomic E-state index is 0.0218. The molecule has 2 N–H and O–H groups in total. The van der Waals surface area contributed by atoms with Gasteiger partial charge in [-0.3, -0.25) is 4.79 Å². The smallest absolute Gasteiger partial charge is 0.228 e. The van der Waals surface area contributed by atoms with Crippen molar-refractivity contribution in [1.82, 2.24) is 0 Å². The molecule has 0 saturated carbocycles. The minimum atomic E-state index is -0.388. The van der Waals surface area contributed by atoms with Gasteiger partial charge in [0.15, 0.2) is 0 Å². The lowest BCUT2D eigenvalue weighted by molar-refractivity contribution is -0.115. The number of carbonyl (C=O) groups excluding carboxylic acids is 1. The molecule has 0 spiro atoms. The number of hydrogen-bond donors (Lipinski definition) is 2. The van der Waals surface area contributed by atoms with E-state index >= 15 is 0 Å². The third-order valence-electron chi connectivity index (χ3n) is 3.13. The molecule has 0 atom stereocenters. The Kier molecular flexibility index (Phi) is 4.03. The Morgan fingerprint density at radius 2 is 1.90 bits per heavy atom. The molecule has 0 saturated heterocycles. The summed E-state index contributed by atoms with van der Waals surface area (Å²) in [4.78, 5) is 11.9. The third kappa shape index (κ3) is 3.15. The average Bonchev–Trinajstić information content (AvgIpc) is 2.39. The number of nitrogens with one attached hydrogen (secondary N) is 1. The van der Waals surface area contributed by atoms with Gasteiger partial charge in [0.05, 0.1) is 6.42 Å². The van der Waals surface area contributed by atoms with Crippen molar-refractivity contribution in [2.45, 2.75) is 20.3 Å². The Bertz CT molecular complexity index is 653. The van der Waals surface area contributed by atoms with E-state index in [1.54, 1.807) is 44.2 Å². The Labute approximate surface area is 117 Å². The standard InChI is InChI=1S/C16H16FNO2/c1-10-8-15(19)11(2)7-14(10)18-16(20)9-12-5-3-4-6-13(12)17/h3-8,19H,9H2,1-2H3,(H,18,20). The Morgan fingerprint density at radius 3 is 2.60 bits per heavy atom. The SMILES string of the molecule is Cc1cc(NC(=O)Cc2ccccc2F)c(C)cc1O. The van der Waals surface area contributed by atoms with Crippen LogP contribution in [0, 0.1) is 19.7 Å². The van der Waals surface area contributed by atoms with Gasteiger partial charge in [-0.1, -0.05) is 18.2 Å². The van der Waals surface area contributed by atoms with E-state index in [9.17, 15) is 14.3 Å². The van der Waals surface area contributed by atoms with Crippen molar-refractivity contribution in [1.29, 1.82) is 0 Å².